The fourth-order valence-electron chi connectivity index (χ4n) is 2.72. The number of hydrogen-bond acceptors (Lipinski definition) is 3. The minimum atomic E-state index is -0.516. The van der Waals surface area contributed by atoms with Crippen molar-refractivity contribution in [2.75, 3.05) is 6.61 Å². The number of rotatable bonds is 8. The van der Waals surface area contributed by atoms with E-state index in [1.165, 1.54) is 5.56 Å². The molecule has 0 heterocycles. The van der Waals surface area contributed by atoms with Gasteiger partial charge >= 0.3 is 0 Å². The Hall–Kier alpha value is -2.49. The van der Waals surface area contributed by atoms with E-state index in [1.54, 1.807) is 0 Å². The van der Waals surface area contributed by atoms with E-state index in [-0.39, 0.29) is 11.9 Å². The first-order valence-corrected chi connectivity index (χ1v) is 9.13. The van der Waals surface area contributed by atoms with Crippen LogP contribution in [0.4, 0.5) is 0 Å². The second-order valence-corrected chi connectivity index (χ2v) is 6.77. The van der Waals surface area contributed by atoms with E-state index < -0.39 is 6.10 Å². The van der Waals surface area contributed by atoms with Crippen LogP contribution in [0.25, 0.3) is 0 Å². The van der Waals surface area contributed by atoms with Crippen molar-refractivity contribution in [2.45, 2.75) is 53.2 Å². The molecule has 0 aromatic heterocycles. The summed E-state index contributed by atoms with van der Waals surface area (Å²) in [7, 11) is 0. The summed E-state index contributed by atoms with van der Waals surface area (Å²) < 4.78 is 11.7. The summed E-state index contributed by atoms with van der Waals surface area (Å²) in [6.45, 7) is 10.3. The van der Waals surface area contributed by atoms with E-state index in [2.05, 4.69) is 11.4 Å². The summed E-state index contributed by atoms with van der Waals surface area (Å²) in [5.74, 6) is 1.47. The fourth-order valence-corrected chi connectivity index (χ4v) is 2.72. The van der Waals surface area contributed by atoms with Crippen LogP contribution in [0, 0.1) is 20.8 Å². The van der Waals surface area contributed by atoms with Crippen molar-refractivity contribution in [3.05, 3.63) is 59.2 Å². The summed E-state index contributed by atoms with van der Waals surface area (Å²) in [6, 6.07) is 13.7. The van der Waals surface area contributed by atoms with Gasteiger partial charge in [-0.3, -0.25) is 4.79 Å². The van der Waals surface area contributed by atoms with Crippen molar-refractivity contribution in [1.29, 1.82) is 0 Å². The third kappa shape index (κ3) is 5.51. The van der Waals surface area contributed by atoms with Gasteiger partial charge in [0.05, 0.1) is 6.04 Å². The summed E-state index contributed by atoms with van der Waals surface area (Å²) in [6.07, 6.45) is 0.0853. The molecule has 2 atom stereocenters. The molecule has 0 aliphatic rings. The molecule has 0 aliphatic carbocycles. The van der Waals surface area contributed by atoms with Gasteiger partial charge in [0.25, 0.3) is 5.91 Å². The van der Waals surface area contributed by atoms with E-state index >= 15 is 0 Å². The maximum atomic E-state index is 12.6. The average molecular weight is 355 g/mol. The monoisotopic (exact) mass is 355 g/mol. The SMILES string of the molecule is CC[C@@H](Oc1ccc(C)cc1C)C(=O)N[C@@H](C)COc1ccccc1C. The van der Waals surface area contributed by atoms with Gasteiger partial charge in [0, 0.05) is 0 Å². The normalized spacial score (nSPS) is 13.0. The summed E-state index contributed by atoms with van der Waals surface area (Å²) in [5.41, 5.74) is 3.29. The molecule has 2 aromatic carbocycles. The molecule has 1 amide bonds. The van der Waals surface area contributed by atoms with Gasteiger partial charge in [-0.05, 0) is 57.4 Å². The molecule has 4 heteroatoms. The quantitative estimate of drug-likeness (QED) is 0.766. The lowest BCUT2D eigenvalue weighted by Crippen LogP contribution is -2.44. The van der Waals surface area contributed by atoms with E-state index in [4.69, 9.17) is 9.47 Å². The van der Waals surface area contributed by atoms with Gasteiger partial charge in [-0.1, -0.05) is 42.8 Å². The zero-order valence-corrected chi connectivity index (χ0v) is 16.3. The van der Waals surface area contributed by atoms with Crippen molar-refractivity contribution in [3.8, 4) is 11.5 Å². The van der Waals surface area contributed by atoms with E-state index in [9.17, 15) is 4.79 Å². The van der Waals surface area contributed by atoms with Crippen LogP contribution in [-0.2, 0) is 4.79 Å². The van der Waals surface area contributed by atoms with Gasteiger partial charge in [-0.25, -0.2) is 0 Å². The first kappa shape index (κ1) is 19.8. The van der Waals surface area contributed by atoms with E-state index in [0.29, 0.717) is 13.0 Å². The van der Waals surface area contributed by atoms with Crippen LogP contribution >= 0.6 is 0 Å². The minimum absolute atomic E-state index is 0.112. The van der Waals surface area contributed by atoms with Crippen molar-refractivity contribution < 1.29 is 14.3 Å². The minimum Gasteiger partial charge on any atom is -0.491 e. The molecule has 0 saturated carbocycles. The maximum Gasteiger partial charge on any atom is 0.261 e. The molecule has 1 N–H and O–H groups in total. The zero-order chi connectivity index (χ0) is 19.1. The molecule has 140 valence electrons. The third-order valence-corrected chi connectivity index (χ3v) is 4.23. The predicted octanol–water partition coefficient (Wildman–Crippen LogP) is 4.35. The Morgan fingerprint density at radius 2 is 1.77 bits per heavy atom. The van der Waals surface area contributed by atoms with Gasteiger partial charge in [0.2, 0.25) is 0 Å². The van der Waals surface area contributed by atoms with Crippen LogP contribution in [-0.4, -0.2) is 24.7 Å². The highest BCUT2D eigenvalue weighted by atomic mass is 16.5. The molecular weight excluding hydrogens is 326 g/mol. The molecule has 2 rings (SSSR count). The van der Waals surface area contributed by atoms with Crippen molar-refractivity contribution >= 4 is 5.91 Å². The topological polar surface area (TPSA) is 47.6 Å². The standard InChI is InChI=1S/C22H29NO3/c1-6-19(26-21-12-11-15(2)13-17(21)4)22(24)23-18(5)14-25-20-10-8-7-9-16(20)3/h7-13,18-19H,6,14H2,1-5H3,(H,23,24)/t18-,19+/m0/s1. The fraction of sp³-hybridized carbons (Fsp3) is 0.409. The Labute approximate surface area is 156 Å². The van der Waals surface area contributed by atoms with Crippen molar-refractivity contribution in [1.82, 2.24) is 5.32 Å². The lowest BCUT2D eigenvalue weighted by Gasteiger charge is -2.22. The highest BCUT2D eigenvalue weighted by Gasteiger charge is 2.21. The van der Waals surface area contributed by atoms with Crippen molar-refractivity contribution in [3.63, 3.8) is 0 Å². The van der Waals surface area contributed by atoms with Gasteiger partial charge in [-0.15, -0.1) is 0 Å². The second-order valence-electron chi connectivity index (χ2n) is 6.77. The summed E-state index contributed by atoms with van der Waals surface area (Å²) in [5, 5.41) is 2.98. The Kier molecular flexibility index (Phi) is 7.07. The summed E-state index contributed by atoms with van der Waals surface area (Å²) >= 11 is 0. The van der Waals surface area contributed by atoms with E-state index in [1.807, 2.05) is 71.0 Å². The van der Waals surface area contributed by atoms with Crippen LogP contribution in [0.5, 0.6) is 11.5 Å². The van der Waals surface area contributed by atoms with Crippen LogP contribution in [0.15, 0.2) is 42.5 Å². The van der Waals surface area contributed by atoms with Gasteiger partial charge < -0.3 is 14.8 Å². The number of benzene rings is 2. The molecule has 0 fully saturated rings. The number of carbonyl (C=O) groups is 1. The number of para-hydroxylation sites is 1. The molecule has 4 nitrogen and oxygen atoms in total. The lowest BCUT2D eigenvalue weighted by molar-refractivity contribution is -0.129. The Morgan fingerprint density at radius 1 is 1.04 bits per heavy atom. The van der Waals surface area contributed by atoms with Gasteiger partial charge in [-0.2, -0.15) is 0 Å². The maximum absolute atomic E-state index is 12.6. The largest absolute Gasteiger partial charge is 0.491 e. The molecule has 0 aliphatic heterocycles. The highest BCUT2D eigenvalue weighted by molar-refractivity contribution is 5.81. The molecule has 0 bridgehead atoms. The number of carbonyl (C=O) groups excluding carboxylic acids is 1. The molecule has 26 heavy (non-hydrogen) atoms. The first-order valence-electron chi connectivity index (χ1n) is 9.13. The number of ether oxygens (including phenoxy) is 2. The number of amides is 1. The predicted molar refractivity (Wildman–Crippen MR) is 105 cm³/mol. The van der Waals surface area contributed by atoms with Crippen molar-refractivity contribution in [2.24, 2.45) is 0 Å². The first-order chi connectivity index (χ1) is 12.4. The Bertz CT molecular complexity index is 742. The van der Waals surface area contributed by atoms with Crippen LogP contribution < -0.4 is 14.8 Å². The molecule has 0 spiro atoms. The molecule has 0 unspecified atom stereocenters. The number of aryl methyl sites for hydroxylation is 3. The van der Waals surface area contributed by atoms with Gasteiger partial charge in [0.15, 0.2) is 6.10 Å². The zero-order valence-electron chi connectivity index (χ0n) is 16.3. The van der Waals surface area contributed by atoms with Crippen LogP contribution in [0.2, 0.25) is 0 Å². The molecule has 0 saturated heterocycles. The smallest absolute Gasteiger partial charge is 0.261 e. The Morgan fingerprint density at radius 3 is 2.42 bits per heavy atom. The number of hydrogen-bond donors (Lipinski definition) is 1. The molecule has 2 aromatic rings. The number of nitrogens with one attached hydrogen (secondary N) is 1. The van der Waals surface area contributed by atoms with Gasteiger partial charge in [0.1, 0.15) is 18.1 Å². The third-order valence-electron chi connectivity index (χ3n) is 4.23. The highest BCUT2D eigenvalue weighted by Crippen LogP contribution is 2.21. The Balaban J connectivity index is 1.90. The van der Waals surface area contributed by atoms with Crippen LogP contribution in [0.1, 0.15) is 37.0 Å². The summed E-state index contributed by atoms with van der Waals surface area (Å²) in [4.78, 5) is 12.6. The second kappa shape index (κ2) is 9.27. The van der Waals surface area contributed by atoms with Crippen LogP contribution in [0.3, 0.4) is 0 Å². The average Bonchev–Trinajstić information content (AvgIpc) is 2.60. The van der Waals surface area contributed by atoms with E-state index in [0.717, 1.165) is 22.6 Å². The molecule has 0 radical (unpaired) electrons. The lowest BCUT2D eigenvalue weighted by atomic mass is 10.1. The molecular formula is C22H29NO3.